The second-order valence-corrected chi connectivity index (χ2v) is 10.5. The number of nitrogens with zero attached hydrogens (tertiary/aromatic N) is 6. The molecule has 0 saturated carbocycles. The summed E-state index contributed by atoms with van der Waals surface area (Å²) >= 11 is 2.07. The molecule has 5 rings (SSSR count). The Hall–Kier alpha value is -4.60. The van der Waals surface area contributed by atoms with Crippen LogP contribution in [0.1, 0.15) is 18.4 Å². The minimum Gasteiger partial charge on any atom is -0.338 e. The van der Waals surface area contributed by atoms with Crippen molar-refractivity contribution in [1.29, 1.82) is 5.26 Å². The van der Waals surface area contributed by atoms with E-state index in [0.717, 1.165) is 35.9 Å². The van der Waals surface area contributed by atoms with Gasteiger partial charge in [-0.1, -0.05) is 24.3 Å². The van der Waals surface area contributed by atoms with Crippen LogP contribution in [0.25, 0.3) is 17.3 Å². The summed E-state index contributed by atoms with van der Waals surface area (Å²) in [5.74, 6) is -0.410. The Morgan fingerprint density at radius 2 is 1.82 bits per heavy atom. The second-order valence-electron chi connectivity index (χ2n) is 8.50. The Morgan fingerprint density at radius 1 is 1.10 bits per heavy atom. The summed E-state index contributed by atoms with van der Waals surface area (Å²) in [4.78, 5) is 48.4. The number of hydrogen-bond donors (Lipinski definition) is 0. The van der Waals surface area contributed by atoms with Crippen molar-refractivity contribution in [3.05, 3.63) is 102 Å². The molecule has 10 nitrogen and oxygen atoms in total. The lowest BCUT2D eigenvalue weighted by Gasteiger charge is -2.14. The standard InChI is InChI=1S/C27H20N6O4S2/c28-17-20(24(34)31-13-4-5-14-31)26-32(19-7-2-1-3-8-19)25(35)23(38-26)16-18-9-10-22(21(15-18)33(36)37)39-27-29-11-6-12-30-27/h1-3,6-12,15-16H,4-5,13-14H2/b23-16-,26-20-. The highest BCUT2D eigenvalue weighted by atomic mass is 32.2. The fraction of sp³-hybridized carbons (Fsp3) is 0.148. The lowest BCUT2D eigenvalue weighted by Crippen LogP contribution is -2.35. The van der Waals surface area contributed by atoms with Crippen molar-refractivity contribution in [3.63, 3.8) is 0 Å². The van der Waals surface area contributed by atoms with E-state index in [1.54, 1.807) is 65.8 Å². The van der Waals surface area contributed by atoms with E-state index in [1.807, 2.05) is 6.07 Å². The van der Waals surface area contributed by atoms with Crippen molar-refractivity contribution in [3.8, 4) is 11.8 Å². The van der Waals surface area contributed by atoms with Gasteiger partial charge in [0, 0.05) is 31.5 Å². The van der Waals surface area contributed by atoms with Gasteiger partial charge in [-0.15, -0.1) is 11.3 Å². The van der Waals surface area contributed by atoms with Crippen molar-refractivity contribution < 1.29 is 9.72 Å². The van der Waals surface area contributed by atoms with Crippen LogP contribution in [0.2, 0.25) is 0 Å². The molecule has 1 aliphatic rings. The van der Waals surface area contributed by atoms with Gasteiger partial charge in [0.2, 0.25) is 0 Å². The molecule has 0 unspecified atom stereocenters. The third-order valence-corrected chi connectivity index (χ3v) is 8.04. The number of nitro benzene ring substituents is 1. The van der Waals surface area contributed by atoms with E-state index < -0.39 is 16.4 Å². The number of likely N-dealkylation sites (tertiary alicyclic amines) is 1. The maximum atomic E-state index is 13.6. The highest BCUT2D eigenvalue weighted by Crippen LogP contribution is 2.33. The molecule has 0 atom stereocenters. The van der Waals surface area contributed by atoms with Gasteiger partial charge in [0.25, 0.3) is 17.2 Å². The summed E-state index contributed by atoms with van der Waals surface area (Å²) in [5.41, 5.74) is 0.241. The minimum atomic E-state index is -0.499. The summed E-state index contributed by atoms with van der Waals surface area (Å²) in [6.45, 7) is 1.12. The number of nitriles is 1. The average molecular weight is 557 g/mol. The molecule has 1 amide bonds. The van der Waals surface area contributed by atoms with Crippen LogP contribution in [0.15, 0.2) is 81.8 Å². The molecular weight excluding hydrogens is 536 g/mol. The summed E-state index contributed by atoms with van der Waals surface area (Å²) in [5, 5.41) is 22.2. The number of para-hydroxylation sites is 1. The fourth-order valence-corrected chi connectivity index (χ4v) is 6.06. The van der Waals surface area contributed by atoms with E-state index in [9.17, 15) is 25.0 Å². The molecule has 1 fully saturated rings. The smallest absolute Gasteiger partial charge is 0.283 e. The molecule has 0 aliphatic carbocycles. The zero-order chi connectivity index (χ0) is 27.4. The number of carbonyl (C=O) groups is 1. The summed E-state index contributed by atoms with van der Waals surface area (Å²) in [7, 11) is 0. The van der Waals surface area contributed by atoms with Crippen LogP contribution in [-0.2, 0) is 4.79 Å². The van der Waals surface area contributed by atoms with Crippen LogP contribution in [0.3, 0.4) is 0 Å². The number of carbonyl (C=O) groups excluding carboxylic acids is 1. The maximum Gasteiger partial charge on any atom is 0.283 e. The Bertz CT molecular complexity index is 1770. The van der Waals surface area contributed by atoms with Crippen LogP contribution >= 0.6 is 23.1 Å². The first-order valence-corrected chi connectivity index (χ1v) is 13.6. The quantitative estimate of drug-likeness (QED) is 0.201. The van der Waals surface area contributed by atoms with Crippen molar-refractivity contribution >= 4 is 46.3 Å². The Kier molecular flexibility index (Phi) is 7.62. The largest absolute Gasteiger partial charge is 0.338 e. The second kappa shape index (κ2) is 11.4. The van der Waals surface area contributed by atoms with Gasteiger partial charge in [-0.25, -0.2) is 9.97 Å². The van der Waals surface area contributed by atoms with Crippen molar-refractivity contribution in [2.75, 3.05) is 13.1 Å². The van der Waals surface area contributed by atoms with Gasteiger partial charge in [0.15, 0.2) is 10.7 Å². The van der Waals surface area contributed by atoms with Crippen LogP contribution in [-0.4, -0.2) is 43.4 Å². The Morgan fingerprint density at radius 3 is 2.49 bits per heavy atom. The molecular formula is C27H20N6O4S2. The Balaban J connectivity index is 1.67. The molecule has 39 heavy (non-hydrogen) atoms. The summed E-state index contributed by atoms with van der Waals surface area (Å²) < 4.78 is 1.81. The molecule has 2 aromatic carbocycles. The van der Waals surface area contributed by atoms with Crippen LogP contribution in [0, 0.1) is 21.4 Å². The van der Waals surface area contributed by atoms with Gasteiger partial charge in [-0.2, -0.15) is 5.26 Å². The fourth-order valence-electron chi connectivity index (χ4n) is 4.17. The van der Waals surface area contributed by atoms with E-state index in [0.29, 0.717) is 34.4 Å². The van der Waals surface area contributed by atoms with Crippen molar-refractivity contribution in [2.45, 2.75) is 22.9 Å². The number of aromatic nitrogens is 3. The van der Waals surface area contributed by atoms with E-state index in [4.69, 9.17) is 0 Å². The third kappa shape index (κ3) is 5.50. The Labute approximate surface area is 230 Å². The topological polar surface area (TPSA) is 135 Å². The molecule has 12 heteroatoms. The highest BCUT2D eigenvalue weighted by molar-refractivity contribution is 7.99. The van der Waals surface area contributed by atoms with Crippen molar-refractivity contribution in [2.24, 2.45) is 0 Å². The minimum absolute atomic E-state index is 0.108. The summed E-state index contributed by atoms with van der Waals surface area (Å²) in [6, 6.07) is 17.1. The first kappa shape index (κ1) is 26.0. The molecule has 0 spiro atoms. The number of benzene rings is 2. The van der Waals surface area contributed by atoms with Gasteiger partial charge >= 0.3 is 0 Å². The number of nitro groups is 1. The molecule has 194 valence electrons. The number of rotatable bonds is 6. The molecule has 4 aromatic rings. The predicted octanol–water partition coefficient (Wildman–Crippen LogP) is 2.87. The monoisotopic (exact) mass is 556 g/mol. The molecule has 0 N–H and O–H groups in total. The lowest BCUT2D eigenvalue weighted by molar-refractivity contribution is -0.387. The van der Waals surface area contributed by atoms with Gasteiger partial charge in [0.05, 0.1) is 20.0 Å². The SMILES string of the molecule is N#C/C(C(=O)N1CCCC1)=c1/s/c(=C\c2ccc(Sc3ncccn3)c([N+](=O)[O-])c2)c(=O)n1-c1ccccc1. The number of amides is 1. The van der Waals surface area contributed by atoms with Gasteiger partial charge < -0.3 is 4.90 Å². The molecule has 1 saturated heterocycles. The van der Waals surface area contributed by atoms with E-state index in [-0.39, 0.29) is 20.5 Å². The summed E-state index contributed by atoms with van der Waals surface area (Å²) in [6.07, 6.45) is 6.37. The van der Waals surface area contributed by atoms with Gasteiger partial charge in [0.1, 0.15) is 10.7 Å². The normalized spacial score (nSPS) is 14.2. The molecule has 3 heterocycles. The zero-order valence-corrected chi connectivity index (χ0v) is 22.0. The van der Waals surface area contributed by atoms with Crippen LogP contribution in [0.4, 0.5) is 5.69 Å². The van der Waals surface area contributed by atoms with E-state index >= 15 is 0 Å². The average Bonchev–Trinajstić information content (AvgIpc) is 3.60. The molecule has 2 aromatic heterocycles. The van der Waals surface area contributed by atoms with Crippen LogP contribution in [0.5, 0.6) is 0 Å². The molecule has 1 aliphatic heterocycles. The number of hydrogen-bond acceptors (Lipinski definition) is 9. The van der Waals surface area contributed by atoms with Crippen LogP contribution < -0.4 is 14.8 Å². The third-order valence-electron chi connectivity index (χ3n) is 5.99. The molecule has 0 radical (unpaired) electrons. The molecule has 0 bridgehead atoms. The van der Waals surface area contributed by atoms with Crippen molar-refractivity contribution in [1.82, 2.24) is 19.4 Å². The first-order chi connectivity index (χ1) is 19.0. The van der Waals surface area contributed by atoms with E-state index in [1.165, 1.54) is 16.7 Å². The first-order valence-electron chi connectivity index (χ1n) is 11.9. The van der Waals surface area contributed by atoms with Gasteiger partial charge in [-0.3, -0.25) is 24.3 Å². The van der Waals surface area contributed by atoms with Gasteiger partial charge in [-0.05, 0) is 60.5 Å². The highest BCUT2D eigenvalue weighted by Gasteiger charge is 2.24. The zero-order valence-electron chi connectivity index (χ0n) is 20.4. The predicted molar refractivity (Wildman–Crippen MR) is 147 cm³/mol. The number of thiazole rings is 1. The maximum absolute atomic E-state index is 13.6. The lowest BCUT2D eigenvalue weighted by atomic mass is 10.2. The van der Waals surface area contributed by atoms with E-state index in [2.05, 4.69) is 9.97 Å².